The van der Waals surface area contributed by atoms with Crippen molar-refractivity contribution < 1.29 is 17.9 Å². The number of fused-ring (bicyclic) bond motifs is 1. The molecule has 0 radical (unpaired) electrons. The van der Waals surface area contributed by atoms with Gasteiger partial charge in [0.1, 0.15) is 11.4 Å². The highest BCUT2D eigenvalue weighted by molar-refractivity contribution is 7.89. The van der Waals surface area contributed by atoms with E-state index in [2.05, 4.69) is 9.72 Å². The smallest absolute Gasteiger partial charge is 0.321 e. The zero-order valence-electron chi connectivity index (χ0n) is 12.0. The molecule has 1 heterocycles. The van der Waals surface area contributed by atoms with Crippen molar-refractivity contribution in [2.45, 2.75) is 11.8 Å². The van der Waals surface area contributed by atoms with Gasteiger partial charge in [0, 0.05) is 18.6 Å². The molecule has 1 aromatic carbocycles. The molecule has 0 fully saturated rings. The van der Waals surface area contributed by atoms with E-state index >= 15 is 0 Å². The van der Waals surface area contributed by atoms with Crippen LogP contribution < -0.4 is 0 Å². The number of benzene rings is 1. The lowest BCUT2D eigenvalue weighted by Crippen LogP contribution is -2.32. The molecule has 0 saturated carbocycles. The van der Waals surface area contributed by atoms with Crippen molar-refractivity contribution in [3.63, 3.8) is 0 Å². The van der Waals surface area contributed by atoms with E-state index in [4.69, 9.17) is 0 Å². The number of methoxy groups -OCH3 is 1. The summed E-state index contributed by atoms with van der Waals surface area (Å²) in [6.07, 6.45) is 1.61. The average molecular weight is 308 g/mol. The molecule has 0 unspecified atom stereocenters. The van der Waals surface area contributed by atoms with Crippen molar-refractivity contribution in [3.05, 3.63) is 36.0 Å². The Balaban J connectivity index is 2.52. The number of aromatic nitrogens is 1. The van der Waals surface area contributed by atoms with Gasteiger partial charge in [-0.25, -0.2) is 8.42 Å². The molecule has 0 saturated heterocycles. The van der Waals surface area contributed by atoms with Crippen molar-refractivity contribution in [1.82, 2.24) is 9.29 Å². The highest BCUT2D eigenvalue weighted by atomic mass is 32.2. The van der Waals surface area contributed by atoms with E-state index in [1.54, 1.807) is 18.3 Å². The molecule has 0 aliphatic carbocycles. The first-order valence-electron chi connectivity index (χ1n) is 6.25. The van der Waals surface area contributed by atoms with E-state index in [0.29, 0.717) is 5.52 Å². The Kier molecular flexibility index (Phi) is 4.24. The summed E-state index contributed by atoms with van der Waals surface area (Å²) in [5.74, 6) is -0.620. The number of carbonyl (C=O) groups is 1. The number of hydrogen-bond donors (Lipinski definition) is 0. The molecule has 0 atom stereocenters. The fourth-order valence-corrected chi connectivity index (χ4v) is 3.23. The van der Waals surface area contributed by atoms with Gasteiger partial charge in [0.25, 0.3) is 0 Å². The molecule has 0 bridgehead atoms. The number of likely N-dealkylation sites (N-methyl/N-ethyl adjacent to an activating group) is 1. The highest BCUT2D eigenvalue weighted by Gasteiger charge is 2.25. The van der Waals surface area contributed by atoms with E-state index in [0.717, 1.165) is 15.3 Å². The van der Waals surface area contributed by atoms with Gasteiger partial charge in [0.15, 0.2) is 0 Å². The predicted octanol–water partition coefficient (Wildman–Crippen LogP) is 1.34. The zero-order valence-corrected chi connectivity index (χ0v) is 12.8. The molecule has 1 aromatic heterocycles. The third-order valence-electron chi connectivity index (χ3n) is 3.08. The number of rotatable bonds is 4. The fourth-order valence-electron chi connectivity index (χ4n) is 1.95. The van der Waals surface area contributed by atoms with Crippen LogP contribution in [0.5, 0.6) is 0 Å². The van der Waals surface area contributed by atoms with Gasteiger partial charge in [-0.15, -0.1) is 0 Å². The summed E-state index contributed by atoms with van der Waals surface area (Å²) in [6, 6.07) is 6.80. The number of para-hydroxylation sites is 1. The molecular formula is C14H16N2O4S. The summed E-state index contributed by atoms with van der Waals surface area (Å²) in [5, 5.41) is 0.738. The van der Waals surface area contributed by atoms with Crippen LogP contribution in [0.2, 0.25) is 0 Å². The van der Waals surface area contributed by atoms with Gasteiger partial charge in [-0.2, -0.15) is 4.31 Å². The molecule has 7 heteroatoms. The molecule has 0 N–H and O–H groups in total. The van der Waals surface area contributed by atoms with Gasteiger partial charge < -0.3 is 4.74 Å². The summed E-state index contributed by atoms with van der Waals surface area (Å²) in [4.78, 5) is 15.5. The first-order valence-corrected chi connectivity index (χ1v) is 7.69. The predicted molar refractivity (Wildman–Crippen MR) is 78.3 cm³/mol. The van der Waals surface area contributed by atoms with Crippen LogP contribution in [0, 0.1) is 6.92 Å². The third-order valence-corrected chi connectivity index (χ3v) is 4.91. The van der Waals surface area contributed by atoms with Crippen LogP contribution in [0.3, 0.4) is 0 Å². The Hall–Kier alpha value is -1.99. The van der Waals surface area contributed by atoms with Crippen molar-refractivity contribution >= 4 is 26.9 Å². The zero-order chi connectivity index (χ0) is 15.6. The average Bonchev–Trinajstić information content (AvgIpc) is 2.45. The van der Waals surface area contributed by atoms with Gasteiger partial charge >= 0.3 is 5.97 Å². The molecule has 2 rings (SSSR count). The minimum Gasteiger partial charge on any atom is -0.468 e. The number of carbonyl (C=O) groups excluding carboxylic acids is 1. The third kappa shape index (κ3) is 3.03. The lowest BCUT2D eigenvalue weighted by Gasteiger charge is -2.16. The largest absolute Gasteiger partial charge is 0.468 e. The standard InChI is InChI=1S/C14H16N2O4S/c1-10-7-11-5-4-6-12(14(11)15-8-10)21(18,19)16(2)9-13(17)20-3/h4-8H,9H2,1-3H3. The van der Waals surface area contributed by atoms with Crippen molar-refractivity contribution in [1.29, 1.82) is 0 Å². The number of pyridine rings is 1. The second kappa shape index (κ2) is 5.79. The molecular weight excluding hydrogens is 292 g/mol. The summed E-state index contributed by atoms with van der Waals surface area (Å²) in [6.45, 7) is 1.54. The van der Waals surface area contributed by atoms with Gasteiger partial charge in [-0.05, 0) is 24.6 Å². The molecule has 6 nitrogen and oxygen atoms in total. The summed E-state index contributed by atoms with van der Waals surface area (Å²) < 4.78 is 30.6. The minimum absolute atomic E-state index is 0.0754. The first-order chi connectivity index (χ1) is 9.86. The van der Waals surface area contributed by atoms with Gasteiger partial charge in [0.2, 0.25) is 10.0 Å². The Morgan fingerprint density at radius 1 is 1.38 bits per heavy atom. The van der Waals surface area contributed by atoms with Gasteiger partial charge in [-0.1, -0.05) is 12.1 Å². The topological polar surface area (TPSA) is 76.6 Å². The Morgan fingerprint density at radius 2 is 2.10 bits per heavy atom. The van der Waals surface area contributed by atoms with E-state index in [1.165, 1.54) is 20.2 Å². The van der Waals surface area contributed by atoms with Crippen LogP contribution in [0.4, 0.5) is 0 Å². The normalized spacial score (nSPS) is 11.8. The van der Waals surface area contributed by atoms with Gasteiger partial charge in [0.05, 0.1) is 12.6 Å². The maximum absolute atomic E-state index is 12.6. The Bertz CT molecular complexity index is 787. The monoisotopic (exact) mass is 308 g/mol. The SMILES string of the molecule is COC(=O)CN(C)S(=O)(=O)c1cccc2cc(C)cnc12. The number of aryl methyl sites for hydroxylation is 1. The maximum Gasteiger partial charge on any atom is 0.321 e. The van der Waals surface area contributed by atoms with E-state index in [9.17, 15) is 13.2 Å². The lowest BCUT2D eigenvalue weighted by molar-refractivity contribution is -0.140. The maximum atomic E-state index is 12.6. The summed E-state index contributed by atoms with van der Waals surface area (Å²) in [7, 11) is -1.27. The quantitative estimate of drug-likeness (QED) is 0.797. The van der Waals surface area contributed by atoms with Crippen LogP contribution in [-0.4, -0.2) is 44.4 Å². The first kappa shape index (κ1) is 15.4. The van der Waals surface area contributed by atoms with E-state index in [1.807, 2.05) is 13.0 Å². The molecule has 112 valence electrons. The van der Waals surface area contributed by atoms with Crippen LogP contribution >= 0.6 is 0 Å². The van der Waals surface area contributed by atoms with Crippen LogP contribution in [0.15, 0.2) is 35.4 Å². The fraction of sp³-hybridized carbons (Fsp3) is 0.286. The van der Waals surface area contributed by atoms with E-state index < -0.39 is 16.0 Å². The molecule has 21 heavy (non-hydrogen) atoms. The number of esters is 1. The Morgan fingerprint density at radius 3 is 2.76 bits per heavy atom. The van der Waals surface area contributed by atoms with Crippen LogP contribution in [0.1, 0.15) is 5.56 Å². The minimum atomic E-state index is -3.81. The molecule has 0 spiro atoms. The molecule has 2 aromatic rings. The van der Waals surface area contributed by atoms with Crippen LogP contribution in [-0.2, 0) is 19.6 Å². The second-order valence-corrected chi connectivity index (χ2v) is 6.69. The molecule has 0 aliphatic rings. The number of sulfonamides is 1. The Labute approximate surface area is 123 Å². The highest BCUT2D eigenvalue weighted by Crippen LogP contribution is 2.24. The summed E-state index contributed by atoms with van der Waals surface area (Å²) in [5.41, 5.74) is 1.33. The second-order valence-electron chi connectivity index (χ2n) is 4.68. The van der Waals surface area contributed by atoms with Crippen LogP contribution in [0.25, 0.3) is 10.9 Å². The lowest BCUT2D eigenvalue weighted by atomic mass is 10.2. The van der Waals surface area contributed by atoms with Crippen molar-refractivity contribution in [2.75, 3.05) is 20.7 Å². The molecule has 0 amide bonds. The number of hydrogen-bond acceptors (Lipinski definition) is 5. The van der Waals surface area contributed by atoms with Crippen molar-refractivity contribution in [2.24, 2.45) is 0 Å². The van der Waals surface area contributed by atoms with Gasteiger partial charge in [-0.3, -0.25) is 9.78 Å². The van der Waals surface area contributed by atoms with Crippen molar-refractivity contribution in [3.8, 4) is 0 Å². The number of ether oxygens (including phenoxy) is 1. The molecule has 0 aliphatic heterocycles. The summed E-state index contributed by atoms with van der Waals surface area (Å²) >= 11 is 0. The van der Waals surface area contributed by atoms with E-state index in [-0.39, 0.29) is 11.4 Å². The number of nitrogens with zero attached hydrogens (tertiary/aromatic N) is 2.